The quantitative estimate of drug-likeness (QED) is 0.838. The van der Waals surface area contributed by atoms with Crippen molar-refractivity contribution in [3.05, 3.63) is 57.8 Å². The molecule has 4 nitrogen and oxygen atoms in total. The number of carbonyl (C=O) groups is 1. The lowest BCUT2D eigenvalue weighted by Gasteiger charge is -2.10. The van der Waals surface area contributed by atoms with Crippen molar-refractivity contribution in [2.24, 2.45) is 0 Å². The maximum absolute atomic E-state index is 13.2. The molecule has 1 aromatic carbocycles. The van der Waals surface area contributed by atoms with Gasteiger partial charge in [-0.1, -0.05) is 6.07 Å². The lowest BCUT2D eigenvalue weighted by atomic mass is 10.0. The number of aromatic carboxylic acids is 1. The van der Waals surface area contributed by atoms with Gasteiger partial charge in [-0.15, -0.1) is 0 Å². The van der Waals surface area contributed by atoms with E-state index in [4.69, 9.17) is 5.11 Å². The summed E-state index contributed by atoms with van der Waals surface area (Å²) in [5.74, 6) is -2.83. The first-order chi connectivity index (χ1) is 9.70. The van der Waals surface area contributed by atoms with E-state index in [0.717, 1.165) is 18.3 Å². The molecule has 2 N–H and O–H groups in total. The smallest absolute Gasteiger partial charge is 0.419 e. The molecule has 1 heterocycles. The molecule has 2 rings (SSSR count). The van der Waals surface area contributed by atoms with Crippen molar-refractivity contribution in [1.82, 2.24) is 4.98 Å². The fraction of sp³-hybridized carbons (Fsp3) is 0.0769. The number of aromatic amines is 1. The number of H-pyrrole nitrogens is 1. The van der Waals surface area contributed by atoms with Crippen molar-refractivity contribution in [2.75, 3.05) is 0 Å². The van der Waals surface area contributed by atoms with Gasteiger partial charge in [0.05, 0.1) is 11.1 Å². The van der Waals surface area contributed by atoms with Gasteiger partial charge in [-0.25, -0.2) is 9.18 Å². The van der Waals surface area contributed by atoms with Crippen LogP contribution in [0.2, 0.25) is 0 Å². The maximum Gasteiger partial charge on any atom is 0.419 e. The topological polar surface area (TPSA) is 70.2 Å². The molecule has 0 aliphatic carbocycles. The molecule has 0 spiro atoms. The van der Waals surface area contributed by atoms with Gasteiger partial charge < -0.3 is 10.1 Å². The number of benzene rings is 1. The summed E-state index contributed by atoms with van der Waals surface area (Å²) in [6, 6.07) is 2.94. The number of carboxylic acids is 1. The second kappa shape index (κ2) is 5.04. The van der Waals surface area contributed by atoms with Crippen LogP contribution in [0.3, 0.4) is 0 Å². The Bertz CT molecular complexity index is 765. The van der Waals surface area contributed by atoms with Crippen LogP contribution in [0.4, 0.5) is 17.6 Å². The van der Waals surface area contributed by atoms with Crippen LogP contribution in [0.5, 0.6) is 0 Å². The lowest BCUT2D eigenvalue weighted by molar-refractivity contribution is -0.139. The summed E-state index contributed by atoms with van der Waals surface area (Å²) >= 11 is 0. The third-order valence-electron chi connectivity index (χ3n) is 2.73. The lowest BCUT2D eigenvalue weighted by Crippen LogP contribution is -2.13. The molecule has 1 aromatic heterocycles. The summed E-state index contributed by atoms with van der Waals surface area (Å²) in [5, 5.41) is 8.81. The summed E-state index contributed by atoms with van der Waals surface area (Å²) in [6.45, 7) is 0. The van der Waals surface area contributed by atoms with Crippen LogP contribution in [-0.4, -0.2) is 16.1 Å². The Morgan fingerprint density at radius 1 is 1.19 bits per heavy atom. The number of hydrogen-bond acceptors (Lipinski definition) is 2. The molecule has 0 aliphatic rings. The first kappa shape index (κ1) is 14.8. The Morgan fingerprint density at radius 3 is 2.43 bits per heavy atom. The normalized spacial score (nSPS) is 11.4. The summed E-state index contributed by atoms with van der Waals surface area (Å²) in [7, 11) is 0. The van der Waals surface area contributed by atoms with Gasteiger partial charge in [0, 0.05) is 11.8 Å². The molecule has 2 aromatic rings. The molecule has 0 bridgehead atoms. The van der Waals surface area contributed by atoms with Crippen molar-refractivity contribution in [2.45, 2.75) is 6.18 Å². The summed E-state index contributed by atoms with van der Waals surface area (Å²) in [6.07, 6.45) is -4.00. The van der Waals surface area contributed by atoms with Gasteiger partial charge in [-0.05, 0) is 23.8 Å². The third-order valence-corrected chi connectivity index (χ3v) is 2.73. The second-order valence-corrected chi connectivity index (χ2v) is 4.13. The Morgan fingerprint density at radius 2 is 1.86 bits per heavy atom. The van der Waals surface area contributed by atoms with Gasteiger partial charge in [0.1, 0.15) is 5.82 Å². The molecule has 8 heteroatoms. The molecule has 0 radical (unpaired) electrons. The van der Waals surface area contributed by atoms with E-state index in [1.807, 2.05) is 0 Å². The van der Waals surface area contributed by atoms with Crippen molar-refractivity contribution < 1.29 is 27.5 Å². The minimum atomic E-state index is -4.92. The van der Waals surface area contributed by atoms with Crippen LogP contribution < -0.4 is 5.56 Å². The average molecular weight is 301 g/mol. The first-order valence-corrected chi connectivity index (χ1v) is 5.53. The number of rotatable bonds is 2. The SMILES string of the molecule is O=C(O)c1c[nH]c(=O)c(-c2ccc(F)c(C(F)(F)F)c2)c1. The van der Waals surface area contributed by atoms with Crippen LogP contribution in [0.25, 0.3) is 11.1 Å². The molecule has 110 valence electrons. The Hall–Kier alpha value is -2.64. The van der Waals surface area contributed by atoms with E-state index < -0.39 is 29.1 Å². The van der Waals surface area contributed by atoms with Gasteiger partial charge in [0.15, 0.2) is 0 Å². The molecule has 0 saturated carbocycles. The highest BCUT2D eigenvalue weighted by atomic mass is 19.4. The van der Waals surface area contributed by atoms with Gasteiger partial charge in [-0.2, -0.15) is 13.2 Å². The highest BCUT2D eigenvalue weighted by Crippen LogP contribution is 2.33. The number of halogens is 4. The molecular weight excluding hydrogens is 294 g/mol. The number of aromatic nitrogens is 1. The van der Waals surface area contributed by atoms with Crippen LogP contribution in [0.1, 0.15) is 15.9 Å². The van der Waals surface area contributed by atoms with E-state index in [2.05, 4.69) is 4.98 Å². The second-order valence-electron chi connectivity index (χ2n) is 4.13. The Balaban J connectivity index is 2.65. The highest BCUT2D eigenvalue weighted by molar-refractivity contribution is 5.88. The molecule has 0 unspecified atom stereocenters. The monoisotopic (exact) mass is 301 g/mol. The van der Waals surface area contributed by atoms with E-state index in [0.29, 0.717) is 12.1 Å². The zero-order valence-corrected chi connectivity index (χ0v) is 10.2. The number of alkyl halides is 3. The van der Waals surface area contributed by atoms with Crippen LogP contribution in [0, 0.1) is 5.82 Å². The Kier molecular flexibility index (Phi) is 3.54. The molecule has 21 heavy (non-hydrogen) atoms. The van der Waals surface area contributed by atoms with Crippen molar-refractivity contribution in [3.63, 3.8) is 0 Å². The number of nitrogens with one attached hydrogen (secondary N) is 1. The van der Waals surface area contributed by atoms with E-state index in [-0.39, 0.29) is 16.7 Å². The van der Waals surface area contributed by atoms with E-state index in [1.54, 1.807) is 0 Å². The zero-order valence-electron chi connectivity index (χ0n) is 10.2. The highest BCUT2D eigenvalue weighted by Gasteiger charge is 2.34. The molecule has 0 saturated heterocycles. The predicted molar refractivity (Wildman–Crippen MR) is 64.4 cm³/mol. The largest absolute Gasteiger partial charge is 0.478 e. The average Bonchev–Trinajstić information content (AvgIpc) is 2.38. The number of carboxylic acid groups (broad SMARTS) is 1. The minimum absolute atomic E-state index is 0.229. The first-order valence-electron chi connectivity index (χ1n) is 5.53. The van der Waals surface area contributed by atoms with Gasteiger partial charge in [0.25, 0.3) is 5.56 Å². The molecule has 0 aliphatic heterocycles. The molecule has 0 amide bonds. The van der Waals surface area contributed by atoms with Gasteiger partial charge >= 0.3 is 12.1 Å². The molecular formula is C13H7F4NO3. The summed E-state index contributed by atoms with van der Waals surface area (Å²) in [4.78, 5) is 24.5. The molecule has 0 atom stereocenters. The van der Waals surface area contributed by atoms with Crippen LogP contribution in [0.15, 0.2) is 35.3 Å². The van der Waals surface area contributed by atoms with Gasteiger partial charge in [-0.3, -0.25) is 4.79 Å². The minimum Gasteiger partial charge on any atom is -0.478 e. The van der Waals surface area contributed by atoms with Crippen LogP contribution in [-0.2, 0) is 6.18 Å². The summed E-state index contributed by atoms with van der Waals surface area (Å²) in [5.41, 5.74) is -3.13. The van der Waals surface area contributed by atoms with Crippen molar-refractivity contribution in [3.8, 4) is 11.1 Å². The number of pyridine rings is 1. The van der Waals surface area contributed by atoms with Gasteiger partial charge in [0.2, 0.25) is 0 Å². The fourth-order valence-electron chi connectivity index (χ4n) is 1.73. The van der Waals surface area contributed by atoms with E-state index >= 15 is 0 Å². The van der Waals surface area contributed by atoms with E-state index in [1.165, 1.54) is 0 Å². The van der Waals surface area contributed by atoms with Crippen molar-refractivity contribution >= 4 is 5.97 Å². The van der Waals surface area contributed by atoms with Crippen LogP contribution >= 0.6 is 0 Å². The summed E-state index contributed by atoms with van der Waals surface area (Å²) < 4.78 is 51.1. The van der Waals surface area contributed by atoms with E-state index in [9.17, 15) is 27.2 Å². The standard InChI is InChI=1S/C13H7F4NO3/c14-10-2-1-6(4-9(10)13(15,16)17)8-3-7(12(20)21)5-18-11(8)19/h1-5H,(H,18,19)(H,20,21). The number of hydrogen-bond donors (Lipinski definition) is 2. The Labute approximate surface area is 114 Å². The van der Waals surface area contributed by atoms with Crippen molar-refractivity contribution in [1.29, 1.82) is 0 Å². The zero-order chi connectivity index (χ0) is 15.8. The predicted octanol–water partition coefficient (Wildman–Crippen LogP) is 2.90. The molecule has 0 fully saturated rings. The third kappa shape index (κ3) is 2.93. The maximum atomic E-state index is 13.2. The fourth-order valence-corrected chi connectivity index (χ4v) is 1.73.